The molecule has 1 aromatic carbocycles. The molecule has 94 valence electrons. The molecule has 0 spiro atoms. The molecule has 0 aliphatic heterocycles. The van der Waals surface area contributed by atoms with Crippen LogP contribution in [-0.4, -0.2) is 5.78 Å². The minimum Gasteiger partial charge on any atom is -0.441 e. The molecular formula is C15H15ClO2. The smallest absolute Gasteiger partial charge is 0.228 e. The lowest BCUT2D eigenvalue weighted by Gasteiger charge is -2.07. The van der Waals surface area contributed by atoms with Crippen molar-refractivity contribution >= 4 is 17.4 Å². The first-order valence-corrected chi connectivity index (χ1v) is 6.45. The van der Waals surface area contributed by atoms with Crippen molar-refractivity contribution in [3.05, 3.63) is 58.0 Å². The number of carbonyl (C=O) groups is 1. The number of carbonyl (C=O) groups excluding carboxylic acids is 1. The number of furan rings is 1. The van der Waals surface area contributed by atoms with Crippen LogP contribution >= 0.6 is 11.6 Å². The SMILES string of the molecule is CCc1ccc(CC)c(C(=O)c2ccc(Cl)o2)c1. The summed E-state index contributed by atoms with van der Waals surface area (Å²) in [5.41, 5.74) is 2.89. The standard InChI is InChI=1S/C15H15ClO2/c1-3-10-5-6-11(4-2)12(9-10)15(17)13-7-8-14(16)18-13/h5-9H,3-4H2,1-2H3. The highest BCUT2D eigenvalue weighted by atomic mass is 35.5. The average molecular weight is 263 g/mol. The lowest BCUT2D eigenvalue weighted by Crippen LogP contribution is -2.05. The van der Waals surface area contributed by atoms with Gasteiger partial charge in [-0.3, -0.25) is 4.79 Å². The van der Waals surface area contributed by atoms with E-state index in [1.807, 2.05) is 19.1 Å². The third-order valence-corrected chi connectivity index (χ3v) is 3.21. The number of aryl methyl sites for hydroxylation is 2. The van der Waals surface area contributed by atoms with E-state index in [1.54, 1.807) is 12.1 Å². The van der Waals surface area contributed by atoms with Gasteiger partial charge in [0.2, 0.25) is 5.78 Å². The van der Waals surface area contributed by atoms with Crippen molar-refractivity contribution in [3.8, 4) is 0 Å². The quantitative estimate of drug-likeness (QED) is 0.770. The Morgan fingerprint density at radius 3 is 2.50 bits per heavy atom. The summed E-state index contributed by atoms with van der Waals surface area (Å²) in [5, 5.41) is 0.239. The van der Waals surface area contributed by atoms with Gasteiger partial charge in [-0.1, -0.05) is 26.0 Å². The molecule has 3 heteroatoms. The Morgan fingerprint density at radius 1 is 1.17 bits per heavy atom. The minimum absolute atomic E-state index is 0.103. The van der Waals surface area contributed by atoms with Gasteiger partial charge in [0.1, 0.15) is 0 Å². The van der Waals surface area contributed by atoms with Gasteiger partial charge in [0, 0.05) is 5.56 Å². The predicted molar refractivity (Wildman–Crippen MR) is 72.3 cm³/mol. The highest BCUT2D eigenvalue weighted by molar-refractivity contribution is 6.29. The molecule has 0 amide bonds. The average Bonchev–Trinajstić information content (AvgIpc) is 2.83. The molecular weight excluding hydrogens is 248 g/mol. The van der Waals surface area contributed by atoms with Crippen LogP contribution in [-0.2, 0) is 12.8 Å². The zero-order valence-corrected chi connectivity index (χ0v) is 11.3. The van der Waals surface area contributed by atoms with Crippen LogP contribution in [0.3, 0.4) is 0 Å². The van der Waals surface area contributed by atoms with Crippen molar-refractivity contribution < 1.29 is 9.21 Å². The lowest BCUT2D eigenvalue weighted by atomic mass is 9.97. The summed E-state index contributed by atoms with van der Waals surface area (Å²) in [6.07, 6.45) is 1.72. The number of benzene rings is 1. The van der Waals surface area contributed by atoms with E-state index in [4.69, 9.17) is 16.0 Å². The predicted octanol–water partition coefficient (Wildman–Crippen LogP) is 4.29. The van der Waals surface area contributed by atoms with E-state index >= 15 is 0 Å². The molecule has 0 saturated carbocycles. The maximum Gasteiger partial charge on any atom is 0.228 e. The van der Waals surface area contributed by atoms with Crippen molar-refractivity contribution in [3.63, 3.8) is 0 Å². The highest BCUT2D eigenvalue weighted by Gasteiger charge is 2.16. The van der Waals surface area contributed by atoms with Crippen molar-refractivity contribution in [2.75, 3.05) is 0 Å². The Labute approximate surface area is 112 Å². The van der Waals surface area contributed by atoms with E-state index in [1.165, 1.54) is 0 Å². The van der Waals surface area contributed by atoms with Crippen LogP contribution < -0.4 is 0 Å². The molecule has 0 saturated heterocycles. The molecule has 0 N–H and O–H groups in total. The molecule has 0 atom stereocenters. The van der Waals surface area contributed by atoms with Crippen molar-refractivity contribution in [2.45, 2.75) is 26.7 Å². The first-order chi connectivity index (χ1) is 8.65. The molecule has 0 fully saturated rings. The van der Waals surface area contributed by atoms with Crippen molar-refractivity contribution in [1.82, 2.24) is 0 Å². The van der Waals surface area contributed by atoms with Crippen LogP contribution in [0.2, 0.25) is 5.22 Å². The van der Waals surface area contributed by atoms with Gasteiger partial charge in [-0.25, -0.2) is 0 Å². The second kappa shape index (κ2) is 5.40. The Kier molecular flexibility index (Phi) is 3.87. The molecule has 0 unspecified atom stereocenters. The third-order valence-electron chi connectivity index (χ3n) is 3.01. The fourth-order valence-electron chi connectivity index (χ4n) is 1.93. The van der Waals surface area contributed by atoms with Crippen molar-refractivity contribution in [1.29, 1.82) is 0 Å². The molecule has 18 heavy (non-hydrogen) atoms. The van der Waals surface area contributed by atoms with Gasteiger partial charge >= 0.3 is 0 Å². The van der Waals surface area contributed by atoms with Gasteiger partial charge in [-0.15, -0.1) is 0 Å². The van der Waals surface area contributed by atoms with Gasteiger partial charge in [0.25, 0.3) is 0 Å². The molecule has 0 aliphatic carbocycles. The maximum atomic E-state index is 12.4. The number of hydrogen-bond acceptors (Lipinski definition) is 2. The van der Waals surface area contributed by atoms with Gasteiger partial charge in [0.15, 0.2) is 11.0 Å². The maximum absolute atomic E-state index is 12.4. The van der Waals surface area contributed by atoms with E-state index < -0.39 is 0 Å². The summed E-state index contributed by atoms with van der Waals surface area (Å²) in [6, 6.07) is 9.21. The molecule has 2 rings (SSSR count). The molecule has 2 nitrogen and oxygen atoms in total. The fourth-order valence-corrected chi connectivity index (χ4v) is 2.08. The van der Waals surface area contributed by atoms with Crippen LogP contribution in [0.5, 0.6) is 0 Å². The summed E-state index contributed by atoms with van der Waals surface area (Å²) in [4.78, 5) is 12.4. The van der Waals surface area contributed by atoms with Gasteiger partial charge in [-0.05, 0) is 53.8 Å². The first-order valence-electron chi connectivity index (χ1n) is 6.07. The minimum atomic E-state index is -0.103. The first kappa shape index (κ1) is 12.9. The number of ketones is 1. The van der Waals surface area contributed by atoms with Crippen LogP contribution in [0, 0.1) is 0 Å². The monoisotopic (exact) mass is 262 g/mol. The Morgan fingerprint density at radius 2 is 1.94 bits per heavy atom. The summed E-state index contributed by atoms with van der Waals surface area (Å²) in [6.45, 7) is 4.10. The van der Waals surface area contributed by atoms with E-state index in [9.17, 15) is 4.79 Å². The van der Waals surface area contributed by atoms with Gasteiger partial charge < -0.3 is 4.42 Å². The Balaban J connectivity index is 2.45. The zero-order valence-electron chi connectivity index (χ0n) is 10.5. The Hall–Kier alpha value is -1.54. The van der Waals surface area contributed by atoms with Gasteiger partial charge in [0.05, 0.1) is 0 Å². The van der Waals surface area contributed by atoms with E-state index in [0.717, 1.165) is 24.0 Å². The summed E-state index contributed by atoms with van der Waals surface area (Å²) >= 11 is 5.71. The van der Waals surface area contributed by atoms with Gasteiger partial charge in [-0.2, -0.15) is 0 Å². The molecule has 0 bridgehead atoms. The van der Waals surface area contributed by atoms with E-state index in [0.29, 0.717) is 11.3 Å². The second-order valence-corrected chi connectivity index (χ2v) is 4.50. The normalized spacial score (nSPS) is 10.6. The summed E-state index contributed by atoms with van der Waals surface area (Å²) in [5.74, 6) is 0.192. The molecule has 1 heterocycles. The third kappa shape index (κ3) is 2.49. The molecule has 2 aromatic rings. The number of hydrogen-bond donors (Lipinski definition) is 0. The topological polar surface area (TPSA) is 30.2 Å². The van der Waals surface area contributed by atoms with Crippen LogP contribution in [0.15, 0.2) is 34.7 Å². The number of rotatable bonds is 4. The number of halogens is 1. The van der Waals surface area contributed by atoms with E-state index in [-0.39, 0.29) is 11.0 Å². The highest BCUT2D eigenvalue weighted by Crippen LogP contribution is 2.21. The summed E-state index contributed by atoms with van der Waals surface area (Å²) < 4.78 is 5.19. The summed E-state index contributed by atoms with van der Waals surface area (Å²) in [7, 11) is 0. The van der Waals surface area contributed by atoms with Crippen molar-refractivity contribution in [2.24, 2.45) is 0 Å². The van der Waals surface area contributed by atoms with E-state index in [2.05, 4.69) is 13.0 Å². The molecule has 1 aromatic heterocycles. The van der Waals surface area contributed by atoms with Crippen LogP contribution in [0.25, 0.3) is 0 Å². The van der Waals surface area contributed by atoms with Crippen LogP contribution in [0.4, 0.5) is 0 Å². The van der Waals surface area contributed by atoms with Crippen LogP contribution in [0.1, 0.15) is 41.1 Å². The Bertz CT molecular complexity index is 570. The fraction of sp³-hybridized carbons (Fsp3) is 0.267. The lowest BCUT2D eigenvalue weighted by molar-refractivity contribution is 0.101. The molecule has 0 radical (unpaired) electrons. The molecule has 0 aliphatic rings. The zero-order chi connectivity index (χ0) is 13.1. The largest absolute Gasteiger partial charge is 0.441 e. The second-order valence-electron chi connectivity index (χ2n) is 4.13.